The minimum atomic E-state index is -0.817. The highest BCUT2D eigenvalue weighted by molar-refractivity contribution is 5.78. The predicted molar refractivity (Wildman–Crippen MR) is 55.6 cm³/mol. The quantitative estimate of drug-likeness (QED) is 0.717. The van der Waals surface area contributed by atoms with E-state index in [1.807, 2.05) is 13.8 Å². The molecule has 0 radical (unpaired) electrons. The molecule has 5 heteroatoms. The molecule has 0 aliphatic carbocycles. The van der Waals surface area contributed by atoms with E-state index in [-0.39, 0.29) is 18.1 Å². The van der Waals surface area contributed by atoms with Crippen molar-refractivity contribution in [2.24, 2.45) is 5.92 Å². The SMILES string of the molecule is CC(C)NC(=O)N1CCC(C(=O)O)C1C. The average Bonchev–Trinajstić information content (AvgIpc) is 2.45. The normalized spacial score (nSPS) is 25.7. The zero-order valence-corrected chi connectivity index (χ0v) is 9.36. The molecule has 1 aliphatic heterocycles. The Morgan fingerprint density at radius 2 is 2.07 bits per heavy atom. The molecular weight excluding hydrogens is 196 g/mol. The summed E-state index contributed by atoms with van der Waals surface area (Å²) in [6, 6.07) is -0.309. The van der Waals surface area contributed by atoms with Crippen LogP contribution in [0.1, 0.15) is 27.2 Å². The van der Waals surface area contributed by atoms with Crippen LogP contribution in [0.2, 0.25) is 0 Å². The van der Waals surface area contributed by atoms with Crippen LogP contribution < -0.4 is 5.32 Å². The maximum Gasteiger partial charge on any atom is 0.317 e. The Morgan fingerprint density at radius 1 is 1.47 bits per heavy atom. The highest BCUT2D eigenvalue weighted by atomic mass is 16.4. The number of hydrogen-bond acceptors (Lipinski definition) is 2. The molecule has 1 rings (SSSR count). The maximum atomic E-state index is 11.7. The van der Waals surface area contributed by atoms with Gasteiger partial charge in [0.2, 0.25) is 0 Å². The first-order chi connectivity index (χ1) is 6.93. The summed E-state index contributed by atoms with van der Waals surface area (Å²) in [5.41, 5.74) is 0. The molecule has 0 spiro atoms. The molecule has 15 heavy (non-hydrogen) atoms. The van der Waals surface area contributed by atoms with Gasteiger partial charge in [-0.1, -0.05) is 0 Å². The summed E-state index contributed by atoms with van der Waals surface area (Å²) in [6.45, 7) is 6.07. The lowest BCUT2D eigenvalue weighted by molar-refractivity contribution is -0.142. The van der Waals surface area contributed by atoms with E-state index in [0.29, 0.717) is 13.0 Å². The number of carbonyl (C=O) groups excluding carboxylic acids is 1. The Morgan fingerprint density at radius 3 is 2.47 bits per heavy atom. The lowest BCUT2D eigenvalue weighted by atomic mass is 10.0. The van der Waals surface area contributed by atoms with Crippen molar-refractivity contribution in [1.82, 2.24) is 10.2 Å². The van der Waals surface area contributed by atoms with Gasteiger partial charge in [-0.05, 0) is 27.2 Å². The van der Waals surface area contributed by atoms with E-state index >= 15 is 0 Å². The van der Waals surface area contributed by atoms with Crippen molar-refractivity contribution < 1.29 is 14.7 Å². The second-order valence-corrected chi connectivity index (χ2v) is 4.27. The van der Waals surface area contributed by atoms with E-state index in [0.717, 1.165) is 0 Å². The number of carboxylic acids is 1. The fraction of sp³-hybridized carbons (Fsp3) is 0.800. The van der Waals surface area contributed by atoms with Gasteiger partial charge in [0, 0.05) is 18.6 Å². The van der Waals surface area contributed by atoms with Gasteiger partial charge in [-0.15, -0.1) is 0 Å². The molecule has 2 N–H and O–H groups in total. The Hall–Kier alpha value is -1.26. The van der Waals surface area contributed by atoms with Crippen molar-refractivity contribution in [3.63, 3.8) is 0 Å². The van der Waals surface area contributed by atoms with E-state index in [4.69, 9.17) is 5.11 Å². The standard InChI is InChI=1S/C10H18N2O3/c1-6(2)11-10(15)12-5-4-8(7(12)3)9(13)14/h6-8H,4-5H2,1-3H3,(H,11,15)(H,13,14). The van der Waals surface area contributed by atoms with Gasteiger partial charge in [-0.2, -0.15) is 0 Å². The summed E-state index contributed by atoms with van der Waals surface area (Å²) in [5, 5.41) is 11.7. The number of carboxylic acid groups (broad SMARTS) is 1. The molecule has 1 fully saturated rings. The number of amides is 2. The first-order valence-corrected chi connectivity index (χ1v) is 5.23. The zero-order valence-electron chi connectivity index (χ0n) is 9.36. The predicted octanol–water partition coefficient (Wildman–Crippen LogP) is 0.899. The summed E-state index contributed by atoms with van der Waals surface area (Å²) in [4.78, 5) is 24.1. The molecule has 0 bridgehead atoms. The van der Waals surface area contributed by atoms with Gasteiger partial charge in [0.1, 0.15) is 0 Å². The van der Waals surface area contributed by atoms with Crippen LogP contribution in [-0.4, -0.2) is 40.6 Å². The first kappa shape index (κ1) is 11.8. The molecule has 1 heterocycles. The average molecular weight is 214 g/mol. The third kappa shape index (κ3) is 2.61. The Balaban J connectivity index is 2.59. The first-order valence-electron chi connectivity index (χ1n) is 5.23. The van der Waals surface area contributed by atoms with Crippen molar-refractivity contribution >= 4 is 12.0 Å². The van der Waals surface area contributed by atoms with Gasteiger partial charge in [0.15, 0.2) is 0 Å². The number of nitrogens with zero attached hydrogens (tertiary/aromatic N) is 1. The van der Waals surface area contributed by atoms with Crippen LogP contribution in [0.3, 0.4) is 0 Å². The molecule has 2 atom stereocenters. The van der Waals surface area contributed by atoms with E-state index in [2.05, 4.69) is 5.32 Å². The van der Waals surface area contributed by atoms with E-state index in [1.54, 1.807) is 11.8 Å². The largest absolute Gasteiger partial charge is 0.481 e. The van der Waals surface area contributed by atoms with Crippen molar-refractivity contribution in [2.75, 3.05) is 6.54 Å². The smallest absolute Gasteiger partial charge is 0.317 e. The second-order valence-electron chi connectivity index (χ2n) is 4.27. The van der Waals surface area contributed by atoms with Crippen molar-refractivity contribution in [1.29, 1.82) is 0 Å². The van der Waals surface area contributed by atoms with Gasteiger partial charge >= 0.3 is 12.0 Å². The van der Waals surface area contributed by atoms with Crippen molar-refractivity contribution in [3.05, 3.63) is 0 Å². The Kier molecular flexibility index (Phi) is 3.55. The maximum absolute atomic E-state index is 11.7. The summed E-state index contributed by atoms with van der Waals surface area (Å²) in [6.07, 6.45) is 0.544. The van der Waals surface area contributed by atoms with E-state index in [9.17, 15) is 9.59 Å². The number of hydrogen-bond donors (Lipinski definition) is 2. The fourth-order valence-corrected chi connectivity index (χ4v) is 1.89. The van der Waals surface area contributed by atoms with Crippen LogP contribution in [0.15, 0.2) is 0 Å². The minimum absolute atomic E-state index is 0.0774. The summed E-state index contributed by atoms with van der Waals surface area (Å²) in [7, 11) is 0. The molecule has 1 aliphatic rings. The van der Waals surface area contributed by atoms with E-state index < -0.39 is 11.9 Å². The highest BCUT2D eigenvalue weighted by Crippen LogP contribution is 2.24. The number of nitrogens with one attached hydrogen (secondary N) is 1. The second kappa shape index (κ2) is 4.51. The van der Waals surface area contributed by atoms with Crippen LogP contribution in [0, 0.1) is 5.92 Å². The monoisotopic (exact) mass is 214 g/mol. The molecule has 1 saturated heterocycles. The van der Waals surface area contributed by atoms with Crippen LogP contribution in [0.25, 0.3) is 0 Å². The van der Waals surface area contributed by atoms with Crippen molar-refractivity contribution in [3.8, 4) is 0 Å². The highest BCUT2D eigenvalue weighted by Gasteiger charge is 2.38. The summed E-state index contributed by atoms with van der Waals surface area (Å²) in [5.74, 6) is -1.25. The number of likely N-dealkylation sites (tertiary alicyclic amines) is 1. The molecule has 2 amide bonds. The summed E-state index contributed by atoms with van der Waals surface area (Å²) < 4.78 is 0. The van der Waals surface area contributed by atoms with Gasteiger partial charge < -0.3 is 15.3 Å². The Bertz CT molecular complexity index is 265. The van der Waals surface area contributed by atoms with E-state index in [1.165, 1.54) is 0 Å². The molecule has 0 aromatic carbocycles. The molecule has 2 unspecified atom stereocenters. The van der Waals surface area contributed by atoms with Gasteiger partial charge in [0.05, 0.1) is 5.92 Å². The van der Waals surface area contributed by atoms with Gasteiger partial charge in [0.25, 0.3) is 0 Å². The number of aliphatic carboxylic acids is 1. The molecular formula is C10H18N2O3. The molecule has 0 saturated carbocycles. The lowest BCUT2D eigenvalue weighted by Crippen LogP contribution is -2.46. The molecule has 5 nitrogen and oxygen atoms in total. The van der Waals surface area contributed by atoms with Crippen molar-refractivity contribution in [2.45, 2.75) is 39.3 Å². The fourth-order valence-electron chi connectivity index (χ4n) is 1.89. The third-order valence-corrected chi connectivity index (χ3v) is 2.75. The number of rotatable bonds is 2. The van der Waals surface area contributed by atoms with Gasteiger partial charge in [-0.25, -0.2) is 4.79 Å². The molecule has 86 valence electrons. The van der Waals surface area contributed by atoms with Crippen LogP contribution in [0.5, 0.6) is 0 Å². The van der Waals surface area contributed by atoms with Crippen LogP contribution in [-0.2, 0) is 4.79 Å². The van der Waals surface area contributed by atoms with Crippen LogP contribution >= 0.6 is 0 Å². The lowest BCUT2D eigenvalue weighted by Gasteiger charge is -2.24. The zero-order chi connectivity index (χ0) is 11.6. The molecule has 0 aromatic heterocycles. The van der Waals surface area contributed by atoms with Gasteiger partial charge in [-0.3, -0.25) is 4.79 Å². The summed E-state index contributed by atoms with van der Waals surface area (Å²) >= 11 is 0. The number of urea groups is 1. The minimum Gasteiger partial charge on any atom is -0.481 e. The number of carbonyl (C=O) groups is 2. The third-order valence-electron chi connectivity index (χ3n) is 2.75. The Labute approximate surface area is 89.4 Å². The topological polar surface area (TPSA) is 69.6 Å². The van der Waals surface area contributed by atoms with Crippen LogP contribution in [0.4, 0.5) is 4.79 Å². The molecule has 0 aromatic rings.